The van der Waals surface area contributed by atoms with Crippen LogP contribution in [0.4, 0.5) is 0 Å². The van der Waals surface area contributed by atoms with E-state index >= 15 is 0 Å². The van der Waals surface area contributed by atoms with Crippen molar-refractivity contribution in [3.05, 3.63) is 65.3 Å². The Hall–Kier alpha value is -4.46. The summed E-state index contributed by atoms with van der Waals surface area (Å²) < 4.78 is 24.6. The minimum atomic E-state index is -0.422. The number of carbonyl (C=O) groups is 1. The maximum absolute atomic E-state index is 12.5. The summed E-state index contributed by atoms with van der Waals surface area (Å²) >= 11 is 2.85. The van der Waals surface area contributed by atoms with Gasteiger partial charge < -0.3 is 28.6 Å². The van der Waals surface area contributed by atoms with Gasteiger partial charge in [0.05, 0.1) is 37.6 Å². The van der Waals surface area contributed by atoms with Crippen molar-refractivity contribution in [1.29, 1.82) is 0 Å². The van der Waals surface area contributed by atoms with Gasteiger partial charge in [-0.25, -0.2) is 14.5 Å². The fourth-order valence-electron chi connectivity index (χ4n) is 4.55. The standard InChI is InChI=1S/C28H23N5O6S2/c1-36-19-7-22(20-9-24(39-23(20)8-19)21-12-33-27(30-21)41-28(31-33)37-2)38-13-17-14-40-25(29-17)15-3-5-16(6-4-15)26(35)32-10-18(34)11-32/h3-9,12,14,18,34H,10-11,13H2,1-2H3. The number of β-amino-alcohol motifs (C(OH)–C–C–N with tert-alkyl or cyclic N) is 1. The van der Waals surface area contributed by atoms with Crippen LogP contribution in [0.25, 0.3) is 38.0 Å². The number of ether oxygens (including phenoxy) is 3. The number of nitrogens with zero attached hydrogens (tertiary/aromatic N) is 5. The van der Waals surface area contributed by atoms with Gasteiger partial charge in [-0.3, -0.25) is 4.79 Å². The topological polar surface area (TPSA) is 124 Å². The second-order valence-corrected chi connectivity index (χ2v) is 11.2. The maximum Gasteiger partial charge on any atom is 0.294 e. The van der Waals surface area contributed by atoms with E-state index in [1.54, 1.807) is 42.0 Å². The van der Waals surface area contributed by atoms with Gasteiger partial charge in [-0.15, -0.1) is 16.4 Å². The summed E-state index contributed by atoms with van der Waals surface area (Å²) in [6, 6.07) is 12.9. The van der Waals surface area contributed by atoms with Crippen molar-refractivity contribution >= 4 is 44.5 Å². The second kappa shape index (κ2) is 10.2. The smallest absolute Gasteiger partial charge is 0.294 e. The number of benzene rings is 2. The quantitative estimate of drug-likeness (QED) is 0.268. The van der Waals surface area contributed by atoms with Crippen molar-refractivity contribution in [2.24, 2.45) is 0 Å². The Bertz CT molecular complexity index is 1850. The van der Waals surface area contributed by atoms with E-state index in [0.29, 0.717) is 57.3 Å². The predicted molar refractivity (Wildman–Crippen MR) is 153 cm³/mol. The monoisotopic (exact) mass is 589 g/mol. The van der Waals surface area contributed by atoms with Crippen molar-refractivity contribution in [3.63, 3.8) is 0 Å². The second-order valence-electron chi connectivity index (χ2n) is 9.45. The first-order chi connectivity index (χ1) is 20.0. The van der Waals surface area contributed by atoms with Gasteiger partial charge in [0, 0.05) is 41.7 Å². The van der Waals surface area contributed by atoms with E-state index in [4.69, 9.17) is 23.6 Å². The average molecular weight is 590 g/mol. The van der Waals surface area contributed by atoms with Crippen LogP contribution in [0.2, 0.25) is 0 Å². The molecule has 4 aromatic heterocycles. The third kappa shape index (κ3) is 4.77. The molecule has 0 spiro atoms. The third-order valence-electron chi connectivity index (χ3n) is 6.72. The molecule has 11 nitrogen and oxygen atoms in total. The number of hydrogen-bond donors (Lipinski definition) is 1. The van der Waals surface area contributed by atoms with Crippen LogP contribution in [-0.2, 0) is 6.61 Å². The van der Waals surface area contributed by atoms with E-state index in [-0.39, 0.29) is 12.5 Å². The minimum Gasteiger partial charge on any atom is -0.496 e. The van der Waals surface area contributed by atoms with Crippen molar-refractivity contribution in [3.8, 4) is 38.7 Å². The Morgan fingerprint density at radius 3 is 2.68 bits per heavy atom. The zero-order chi connectivity index (χ0) is 28.1. The molecule has 0 unspecified atom stereocenters. The highest BCUT2D eigenvalue weighted by Gasteiger charge is 2.29. The number of furan rings is 1. The molecule has 1 aliphatic heterocycles. The fourth-order valence-corrected chi connectivity index (χ4v) is 6.06. The van der Waals surface area contributed by atoms with Crippen LogP contribution in [0.5, 0.6) is 16.7 Å². The van der Waals surface area contributed by atoms with E-state index in [0.717, 1.165) is 21.7 Å². The lowest BCUT2D eigenvalue weighted by Crippen LogP contribution is -2.53. The minimum absolute atomic E-state index is 0.0771. The fraction of sp³-hybridized carbons (Fsp3) is 0.214. The summed E-state index contributed by atoms with van der Waals surface area (Å²) in [6.07, 6.45) is 1.37. The van der Waals surface area contributed by atoms with Crippen LogP contribution in [0, 0.1) is 0 Å². The molecule has 0 bridgehead atoms. The highest BCUT2D eigenvalue weighted by atomic mass is 32.1. The van der Waals surface area contributed by atoms with Crippen molar-refractivity contribution < 1.29 is 28.5 Å². The van der Waals surface area contributed by atoms with Crippen molar-refractivity contribution in [2.45, 2.75) is 12.7 Å². The molecule has 1 aliphatic rings. The number of methoxy groups -OCH3 is 2. The molecule has 208 valence electrons. The van der Waals surface area contributed by atoms with Crippen LogP contribution in [0.3, 0.4) is 0 Å². The number of aromatic nitrogens is 4. The normalized spacial score (nSPS) is 13.6. The Kier molecular flexibility index (Phi) is 6.33. The van der Waals surface area contributed by atoms with Crippen LogP contribution in [-0.4, -0.2) is 68.9 Å². The first-order valence-electron chi connectivity index (χ1n) is 12.6. The molecular formula is C28H23N5O6S2. The lowest BCUT2D eigenvalue weighted by atomic mass is 10.1. The molecule has 5 heterocycles. The first-order valence-corrected chi connectivity index (χ1v) is 14.3. The van der Waals surface area contributed by atoms with Gasteiger partial charge in [0.2, 0.25) is 4.96 Å². The zero-order valence-corrected chi connectivity index (χ0v) is 23.6. The van der Waals surface area contributed by atoms with Crippen LogP contribution < -0.4 is 14.2 Å². The molecule has 41 heavy (non-hydrogen) atoms. The molecule has 0 aliphatic carbocycles. The number of imidazole rings is 1. The highest BCUT2D eigenvalue weighted by Crippen LogP contribution is 2.38. The number of rotatable bonds is 8. The molecule has 13 heteroatoms. The highest BCUT2D eigenvalue weighted by molar-refractivity contribution is 7.18. The van der Waals surface area contributed by atoms with Gasteiger partial charge in [-0.1, -0.05) is 12.1 Å². The van der Waals surface area contributed by atoms with Gasteiger partial charge in [-0.05, 0) is 29.5 Å². The maximum atomic E-state index is 12.5. The zero-order valence-electron chi connectivity index (χ0n) is 21.9. The Morgan fingerprint density at radius 2 is 1.95 bits per heavy atom. The van der Waals surface area contributed by atoms with Gasteiger partial charge >= 0.3 is 0 Å². The molecule has 1 fully saturated rings. The van der Waals surface area contributed by atoms with Crippen LogP contribution >= 0.6 is 22.7 Å². The number of fused-ring (bicyclic) bond motifs is 2. The molecule has 7 rings (SSSR count). The number of thiazole rings is 1. The summed E-state index contributed by atoms with van der Waals surface area (Å²) in [4.78, 5) is 24.1. The Labute approximate surface area is 241 Å². The van der Waals surface area contributed by atoms with Crippen LogP contribution in [0.15, 0.2) is 58.5 Å². The number of aliphatic hydroxyl groups is 1. The summed E-state index contributed by atoms with van der Waals surface area (Å²) in [5.41, 5.74) is 3.53. The van der Waals surface area contributed by atoms with E-state index in [1.165, 1.54) is 22.7 Å². The van der Waals surface area contributed by atoms with E-state index < -0.39 is 6.10 Å². The molecule has 1 N–H and O–H groups in total. The Morgan fingerprint density at radius 1 is 1.12 bits per heavy atom. The molecule has 0 saturated carbocycles. The number of carbonyl (C=O) groups excluding carboxylic acids is 1. The number of amides is 1. The Balaban J connectivity index is 1.09. The molecule has 6 aromatic rings. The number of likely N-dealkylation sites (tertiary alicyclic amines) is 1. The van der Waals surface area contributed by atoms with E-state index in [9.17, 15) is 9.90 Å². The van der Waals surface area contributed by atoms with E-state index in [2.05, 4.69) is 10.1 Å². The molecule has 0 radical (unpaired) electrons. The van der Waals surface area contributed by atoms with Gasteiger partial charge in [-0.2, -0.15) is 0 Å². The summed E-state index contributed by atoms with van der Waals surface area (Å²) in [5, 5.41) is 17.9. The molecule has 0 atom stereocenters. The lowest BCUT2D eigenvalue weighted by molar-refractivity contribution is 0.00590. The van der Waals surface area contributed by atoms with E-state index in [1.807, 2.05) is 35.7 Å². The molecule has 2 aromatic carbocycles. The van der Waals surface area contributed by atoms with Gasteiger partial charge in [0.1, 0.15) is 34.4 Å². The average Bonchev–Trinajstić information content (AvgIpc) is 3.76. The van der Waals surface area contributed by atoms with Gasteiger partial charge in [0.15, 0.2) is 5.76 Å². The molecule has 1 amide bonds. The summed E-state index contributed by atoms with van der Waals surface area (Å²) in [5.74, 6) is 1.71. The molecule has 1 saturated heterocycles. The number of hydrogen-bond acceptors (Lipinski definition) is 11. The third-order valence-corrected chi connectivity index (χ3v) is 8.54. The van der Waals surface area contributed by atoms with Gasteiger partial charge in [0.25, 0.3) is 11.1 Å². The predicted octanol–water partition coefficient (Wildman–Crippen LogP) is 4.74. The van der Waals surface area contributed by atoms with Crippen molar-refractivity contribution in [1.82, 2.24) is 24.5 Å². The number of aliphatic hydroxyl groups excluding tert-OH is 1. The lowest BCUT2D eigenvalue weighted by Gasteiger charge is -2.35. The first kappa shape index (κ1) is 25.5. The van der Waals surface area contributed by atoms with Crippen molar-refractivity contribution in [2.75, 3.05) is 27.3 Å². The van der Waals surface area contributed by atoms with Crippen LogP contribution in [0.1, 0.15) is 16.1 Å². The SMILES string of the molecule is COc1cc(OCc2csc(-c3ccc(C(=O)N4CC(O)C4)cc3)n2)c2cc(-c3cn4nc(OC)sc4n3)oc2c1. The molecular weight excluding hydrogens is 566 g/mol. The summed E-state index contributed by atoms with van der Waals surface area (Å²) in [7, 11) is 3.17. The summed E-state index contributed by atoms with van der Waals surface area (Å²) in [6.45, 7) is 1.01. The largest absolute Gasteiger partial charge is 0.496 e.